The minimum absolute atomic E-state index is 0.0661. The predicted molar refractivity (Wildman–Crippen MR) is 83.6 cm³/mol. The summed E-state index contributed by atoms with van der Waals surface area (Å²) in [4.78, 5) is 0. The fourth-order valence-corrected chi connectivity index (χ4v) is 2.52. The van der Waals surface area contributed by atoms with Crippen LogP contribution in [0.25, 0.3) is 22.4 Å². The molecule has 1 aromatic heterocycles. The second-order valence-corrected chi connectivity index (χ2v) is 5.21. The van der Waals surface area contributed by atoms with Crippen LogP contribution in [-0.4, -0.2) is 10.2 Å². The molecule has 0 fully saturated rings. The highest BCUT2D eigenvalue weighted by Crippen LogP contribution is 2.37. The van der Waals surface area contributed by atoms with Crippen molar-refractivity contribution in [1.82, 2.24) is 10.2 Å². The molecule has 0 atom stereocenters. The van der Waals surface area contributed by atoms with E-state index in [4.69, 9.17) is 17.3 Å². The Kier molecular flexibility index (Phi) is 3.39. The molecule has 0 aliphatic carbocycles. The van der Waals surface area contributed by atoms with E-state index in [2.05, 4.69) is 10.2 Å². The maximum atomic E-state index is 13.3. The lowest BCUT2D eigenvalue weighted by atomic mass is 9.97. The number of hydrogen-bond donors (Lipinski definition) is 2. The third-order valence-electron chi connectivity index (χ3n) is 3.42. The Morgan fingerprint density at radius 2 is 1.95 bits per heavy atom. The predicted octanol–water partition coefficient (Wildman–Crippen LogP) is 4.43. The average molecular weight is 302 g/mol. The van der Waals surface area contributed by atoms with E-state index in [-0.39, 0.29) is 5.02 Å². The fraction of sp³-hybridized carbons (Fsp3) is 0.0625. The summed E-state index contributed by atoms with van der Waals surface area (Å²) in [5.41, 5.74) is 10.3. The number of nitrogens with one attached hydrogen (secondary N) is 1. The third kappa shape index (κ3) is 2.38. The van der Waals surface area contributed by atoms with Crippen LogP contribution in [0.3, 0.4) is 0 Å². The number of aromatic amines is 1. The number of hydrogen-bond acceptors (Lipinski definition) is 2. The van der Waals surface area contributed by atoms with E-state index < -0.39 is 5.82 Å². The van der Waals surface area contributed by atoms with Crippen molar-refractivity contribution in [2.75, 3.05) is 5.73 Å². The highest BCUT2D eigenvalue weighted by molar-refractivity contribution is 6.31. The molecule has 3 rings (SSSR count). The number of H-pyrrole nitrogens is 1. The summed E-state index contributed by atoms with van der Waals surface area (Å²) in [5.74, 6) is -0.0508. The van der Waals surface area contributed by atoms with E-state index in [0.717, 1.165) is 27.9 Å². The van der Waals surface area contributed by atoms with Gasteiger partial charge in [-0.3, -0.25) is 5.10 Å². The maximum absolute atomic E-state index is 13.3. The van der Waals surface area contributed by atoms with Crippen molar-refractivity contribution in [3.05, 3.63) is 58.9 Å². The first-order valence-corrected chi connectivity index (χ1v) is 6.81. The number of aromatic nitrogens is 2. The molecule has 0 bridgehead atoms. The summed E-state index contributed by atoms with van der Waals surface area (Å²) in [6, 6.07) is 12.4. The number of halogens is 2. The molecule has 0 saturated heterocycles. The number of benzene rings is 2. The summed E-state index contributed by atoms with van der Waals surface area (Å²) < 4.78 is 13.3. The summed E-state index contributed by atoms with van der Waals surface area (Å²) in [7, 11) is 0. The Hall–Kier alpha value is -2.33. The lowest BCUT2D eigenvalue weighted by Crippen LogP contribution is -1.91. The molecule has 0 amide bonds. The van der Waals surface area contributed by atoms with Crippen LogP contribution in [0.15, 0.2) is 42.5 Å². The fourth-order valence-electron chi connectivity index (χ4n) is 2.34. The summed E-state index contributed by atoms with van der Waals surface area (Å²) in [6.07, 6.45) is 0. The molecule has 3 nitrogen and oxygen atoms in total. The highest BCUT2D eigenvalue weighted by atomic mass is 35.5. The molecular weight excluding hydrogens is 289 g/mol. The molecule has 2 aromatic carbocycles. The SMILES string of the molecule is Cc1ccccc1-c1c(N)n[nH]c1-c1ccc(F)c(Cl)c1. The van der Waals surface area contributed by atoms with Crippen molar-refractivity contribution in [2.45, 2.75) is 6.92 Å². The van der Waals surface area contributed by atoms with Gasteiger partial charge in [0.25, 0.3) is 0 Å². The van der Waals surface area contributed by atoms with Gasteiger partial charge in [-0.25, -0.2) is 4.39 Å². The first-order chi connectivity index (χ1) is 10.1. The molecule has 3 aromatic rings. The number of nitrogen functional groups attached to an aromatic ring is 1. The number of nitrogens with zero attached hydrogens (tertiary/aromatic N) is 1. The largest absolute Gasteiger partial charge is 0.382 e. The van der Waals surface area contributed by atoms with Gasteiger partial charge in [-0.05, 0) is 36.2 Å². The van der Waals surface area contributed by atoms with Crippen molar-refractivity contribution in [2.24, 2.45) is 0 Å². The van der Waals surface area contributed by atoms with Gasteiger partial charge >= 0.3 is 0 Å². The molecule has 0 saturated carbocycles. The maximum Gasteiger partial charge on any atom is 0.153 e. The lowest BCUT2D eigenvalue weighted by molar-refractivity contribution is 0.628. The molecule has 0 aliphatic rings. The topological polar surface area (TPSA) is 54.7 Å². The zero-order chi connectivity index (χ0) is 15.0. The van der Waals surface area contributed by atoms with Gasteiger partial charge < -0.3 is 5.73 Å². The summed E-state index contributed by atoms with van der Waals surface area (Å²) in [5, 5.41) is 7.05. The quantitative estimate of drug-likeness (QED) is 0.736. The smallest absolute Gasteiger partial charge is 0.153 e. The molecule has 0 radical (unpaired) electrons. The molecule has 3 N–H and O–H groups in total. The summed E-state index contributed by atoms with van der Waals surface area (Å²) in [6.45, 7) is 2.00. The zero-order valence-electron chi connectivity index (χ0n) is 11.3. The standard InChI is InChI=1S/C16H13ClFN3/c1-9-4-2-3-5-11(9)14-15(20-21-16(14)19)10-6-7-13(18)12(17)8-10/h2-8H,1H3,(H3,19,20,21). The van der Waals surface area contributed by atoms with Gasteiger partial charge in [0.1, 0.15) is 5.82 Å². The van der Waals surface area contributed by atoms with E-state index >= 15 is 0 Å². The van der Waals surface area contributed by atoms with Gasteiger partial charge in [-0.2, -0.15) is 5.10 Å². The number of anilines is 1. The Labute approximate surface area is 126 Å². The van der Waals surface area contributed by atoms with Crippen LogP contribution < -0.4 is 5.73 Å². The normalized spacial score (nSPS) is 10.8. The minimum Gasteiger partial charge on any atom is -0.382 e. The molecular formula is C16H13ClFN3. The Morgan fingerprint density at radius 3 is 2.67 bits per heavy atom. The van der Waals surface area contributed by atoms with Crippen LogP contribution in [0.1, 0.15) is 5.56 Å². The Morgan fingerprint density at radius 1 is 1.19 bits per heavy atom. The van der Waals surface area contributed by atoms with E-state index in [1.54, 1.807) is 12.1 Å². The van der Waals surface area contributed by atoms with Gasteiger partial charge in [0, 0.05) is 5.56 Å². The van der Waals surface area contributed by atoms with Crippen LogP contribution in [0, 0.1) is 12.7 Å². The lowest BCUT2D eigenvalue weighted by Gasteiger charge is -2.08. The van der Waals surface area contributed by atoms with Gasteiger partial charge in [0.2, 0.25) is 0 Å². The molecule has 0 unspecified atom stereocenters. The second-order valence-electron chi connectivity index (χ2n) is 4.80. The average Bonchev–Trinajstić information content (AvgIpc) is 2.84. The number of aryl methyl sites for hydroxylation is 1. The third-order valence-corrected chi connectivity index (χ3v) is 3.71. The molecule has 21 heavy (non-hydrogen) atoms. The van der Waals surface area contributed by atoms with E-state index in [0.29, 0.717) is 5.82 Å². The Bertz CT molecular complexity index is 811. The van der Waals surface area contributed by atoms with Gasteiger partial charge in [0.15, 0.2) is 5.82 Å². The van der Waals surface area contributed by atoms with Gasteiger partial charge in [-0.1, -0.05) is 35.9 Å². The van der Waals surface area contributed by atoms with Crippen molar-refractivity contribution in [1.29, 1.82) is 0 Å². The van der Waals surface area contributed by atoms with Crippen LogP contribution in [-0.2, 0) is 0 Å². The molecule has 1 heterocycles. The molecule has 0 spiro atoms. The first kappa shape index (κ1) is 13.6. The molecule has 0 aliphatic heterocycles. The molecule has 106 valence electrons. The van der Waals surface area contributed by atoms with Crippen LogP contribution >= 0.6 is 11.6 Å². The second kappa shape index (κ2) is 5.22. The number of rotatable bonds is 2. The monoisotopic (exact) mass is 301 g/mol. The van der Waals surface area contributed by atoms with E-state index in [1.807, 2.05) is 31.2 Å². The van der Waals surface area contributed by atoms with Crippen LogP contribution in [0.4, 0.5) is 10.2 Å². The van der Waals surface area contributed by atoms with Crippen LogP contribution in [0.2, 0.25) is 5.02 Å². The van der Waals surface area contributed by atoms with Gasteiger partial charge in [0.05, 0.1) is 16.3 Å². The van der Waals surface area contributed by atoms with Crippen molar-refractivity contribution < 1.29 is 4.39 Å². The van der Waals surface area contributed by atoms with Crippen molar-refractivity contribution in [3.8, 4) is 22.4 Å². The number of nitrogens with two attached hydrogens (primary N) is 1. The first-order valence-electron chi connectivity index (χ1n) is 6.43. The van der Waals surface area contributed by atoms with E-state index in [1.165, 1.54) is 6.07 Å². The van der Waals surface area contributed by atoms with Crippen molar-refractivity contribution in [3.63, 3.8) is 0 Å². The zero-order valence-corrected chi connectivity index (χ0v) is 12.1. The highest BCUT2D eigenvalue weighted by Gasteiger charge is 2.17. The summed E-state index contributed by atoms with van der Waals surface area (Å²) >= 11 is 5.86. The minimum atomic E-state index is -0.453. The Balaban J connectivity index is 2.22. The van der Waals surface area contributed by atoms with Gasteiger partial charge in [-0.15, -0.1) is 0 Å². The molecule has 5 heteroatoms. The van der Waals surface area contributed by atoms with E-state index in [9.17, 15) is 4.39 Å². The van der Waals surface area contributed by atoms with Crippen molar-refractivity contribution >= 4 is 17.4 Å². The van der Waals surface area contributed by atoms with Crippen LogP contribution in [0.5, 0.6) is 0 Å².